The molecule has 0 aliphatic heterocycles. The summed E-state index contributed by atoms with van der Waals surface area (Å²) in [6.45, 7) is 10.8. The molecule has 0 saturated heterocycles. The van der Waals surface area contributed by atoms with Gasteiger partial charge in [0.1, 0.15) is 0 Å². The number of hydrogen-bond donors (Lipinski definition) is 0. The Morgan fingerprint density at radius 1 is 0.625 bits per heavy atom. The molecule has 0 bridgehead atoms. The van der Waals surface area contributed by atoms with Crippen molar-refractivity contribution >= 4 is 6.08 Å². The second-order valence-corrected chi connectivity index (χ2v) is 8.75. The van der Waals surface area contributed by atoms with Crippen LogP contribution in [-0.2, 0) is 19.0 Å². The summed E-state index contributed by atoms with van der Waals surface area (Å²) in [4.78, 5) is 13.7. The lowest BCUT2D eigenvalue weighted by atomic mass is 9.91. The average molecular weight is 456 g/mol. The van der Waals surface area contributed by atoms with Crippen LogP contribution < -0.4 is 0 Å². The van der Waals surface area contributed by atoms with E-state index in [1.54, 1.807) is 6.08 Å². The van der Waals surface area contributed by atoms with Crippen molar-refractivity contribution in [3.8, 4) is 0 Å². The van der Waals surface area contributed by atoms with Crippen LogP contribution in [0.25, 0.3) is 0 Å². The second-order valence-electron chi connectivity index (χ2n) is 8.75. The van der Waals surface area contributed by atoms with Crippen LogP contribution >= 0.6 is 0 Å². The van der Waals surface area contributed by atoms with Crippen LogP contribution in [0.5, 0.6) is 0 Å². The lowest BCUT2D eigenvalue weighted by molar-refractivity contribution is -0.403. The fourth-order valence-corrected chi connectivity index (χ4v) is 4.44. The minimum atomic E-state index is -0.883. The number of isocyanates is 1. The summed E-state index contributed by atoms with van der Waals surface area (Å²) in [7, 11) is 0. The number of hydrogen-bond acceptors (Lipinski definition) is 5. The topological polar surface area (TPSA) is 57.1 Å². The van der Waals surface area contributed by atoms with E-state index in [2.05, 4.69) is 11.9 Å². The third-order valence-corrected chi connectivity index (χ3v) is 6.08. The van der Waals surface area contributed by atoms with Crippen LogP contribution in [0.1, 0.15) is 130 Å². The Balaban J connectivity index is 4.48. The molecule has 190 valence electrons. The standard InChI is InChI=1S/C27H53NO4/c1-5-9-10-11-16-19-22-26(27(30-6-2,31-7-3)32-8-4)23-20-17-14-12-13-15-18-21-24-28-25-29/h26H,5-24H2,1-4H3. The van der Waals surface area contributed by atoms with Crippen molar-refractivity contribution in [2.24, 2.45) is 10.9 Å². The molecule has 0 aliphatic carbocycles. The summed E-state index contributed by atoms with van der Waals surface area (Å²) in [6, 6.07) is 0. The van der Waals surface area contributed by atoms with Crippen molar-refractivity contribution in [2.45, 2.75) is 136 Å². The van der Waals surface area contributed by atoms with Gasteiger partial charge in [-0.3, -0.25) is 0 Å². The van der Waals surface area contributed by atoms with Crippen molar-refractivity contribution in [1.82, 2.24) is 0 Å². The van der Waals surface area contributed by atoms with Gasteiger partial charge in [-0.1, -0.05) is 90.4 Å². The van der Waals surface area contributed by atoms with E-state index < -0.39 is 5.97 Å². The van der Waals surface area contributed by atoms with Crippen LogP contribution in [-0.4, -0.2) is 38.4 Å². The molecule has 0 aromatic heterocycles. The van der Waals surface area contributed by atoms with Crippen LogP contribution in [0.15, 0.2) is 4.99 Å². The van der Waals surface area contributed by atoms with Gasteiger partial charge >= 0.3 is 0 Å². The molecule has 0 heterocycles. The molecule has 0 aromatic carbocycles. The predicted octanol–water partition coefficient (Wildman–Crippen LogP) is 7.96. The summed E-state index contributed by atoms with van der Waals surface area (Å²) in [5, 5.41) is 0. The Kier molecular flexibility index (Phi) is 22.9. The zero-order valence-electron chi connectivity index (χ0n) is 21.8. The van der Waals surface area contributed by atoms with Crippen molar-refractivity contribution in [3.05, 3.63) is 0 Å². The molecule has 0 amide bonds. The van der Waals surface area contributed by atoms with Gasteiger partial charge in [0.05, 0.1) is 6.54 Å². The summed E-state index contributed by atoms with van der Waals surface area (Å²) < 4.78 is 18.4. The van der Waals surface area contributed by atoms with Crippen LogP contribution in [0.4, 0.5) is 0 Å². The van der Waals surface area contributed by atoms with Gasteiger partial charge in [-0.05, 0) is 40.0 Å². The van der Waals surface area contributed by atoms with Gasteiger partial charge in [-0.15, -0.1) is 0 Å². The molecule has 0 saturated carbocycles. The number of unbranched alkanes of at least 4 members (excludes halogenated alkanes) is 12. The maximum atomic E-state index is 10.1. The quantitative estimate of drug-likeness (QED) is 0.0606. The first-order valence-electron chi connectivity index (χ1n) is 13.7. The van der Waals surface area contributed by atoms with Gasteiger partial charge in [-0.2, -0.15) is 0 Å². The fourth-order valence-electron chi connectivity index (χ4n) is 4.44. The molecular formula is C27H53NO4. The highest BCUT2D eigenvalue weighted by molar-refractivity contribution is 5.32. The molecule has 32 heavy (non-hydrogen) atoms. The Morgan fingerprint density at radius 3 is 1.44 bits per heavy atom. The third-order valence-electron chi connectivity index (χ3n) is 6.08. The Labute approximate surface area is 199 Å². The van der Waals surface area contributed by atoms with Crippen LogP contribution in [0.3, 0.4) is 0 Å². The third kappa shape index (κ3) is 16.0. The summed E-state index contributed by atoms with van der Waals surface area (Å²) in [5.41, 5.74) is 0. The molecule has 0 N–H and O–H groups in total. The number of rotatable bonds is 25. The summed E-state index contributed by atoms with van der Waals surface area (Å²) >= 11 is 0. The normalized spacial score (nSPS) is 12.6. The Morgan fingerprint density at radius 2 is 1.03 bits per heavy atom. The minimum Gasteiger partial charge on any atom is -0.328 e. The average Bonchev–Trinajstić information content (AvgIpc) is 2.78. The van der Waals surface area contributed by atoms with Crippen molar-refractivity contribution in [2.75, 3.05) is 26.4 Å². The largest absolute Gasteiger partial charge is 0.328 e. The number of ether oxygens (including phenoxy) is 3. The van der Waals surface area contributed by atoms with E-state index in [0.29, 0.717) is 26.4 Å². The van der Waals surface area contributed by atoms with Gasteiger partial charge in [0.2, 0.25) is 6.08 Å². The maximum absolute atomic E-state index is 10.1. The molecule has 1 unspecified atom stereocenters. The Bertz CT molecular complexity index is 420. The smallest absolute Gasteiger partial charge is 0.285 e. The van der Waals surface area contributed by atoms with Crippen LogP contribution in [0, 0.1) is 5.92 Å². The zero-order valence-corrected chi connectivity index (χ0v) is 21.8. The number of nitrogens with zero attached hydrogens (tertiary/aromatic N) is 1. The number of aliphatic imine (C=N–C) groups is 1. The molecule has 5 heteroatoms. The Hall–Kier alpha value is -0.740. The first-order valence-corrected chi connectivity index (χ1v) is 13.7. The van der Waals surface area contributed by atoms with E-state index in [9.17, 15) is 4.79 Å². The molecule has 0 aromatic rings. The van der Waals surface area contributed by atoms with E-state index in [4.69, 9.17) is 14.2 Å². The molecule has 5 nitrogen and oxygen atoms in total. The SMILES string of the molecule is CCCCCCCCC(CCCCCCCCCCN=C=O)C(OCC)(OCC)OCC. The summed E-state index contributed by atoms with van der Waals surface area (Å²) in [5.74, 6) is -0.599. The lowest BCUT2D eigenvalue weighted by Gasteiger charge is -2.39. The zero-order chi connectivity index (χ0) is 23.8. The van der Waals surface area contributed by atoms with Gasteiger partial charge in [0.15, 0.2) is 0 Å². The molecule has 0 aliphatic rings. The molecular weight excluding hydrogens is 402 g/mol. The first kappa shape index (κ1) is 31.3. The minimum absolute atomic E-state index is 0.284. The van der Waals surface area contributed by atoms with Crippen molar-refractivity contribution in [3.63, 3.8) is 0 Å². The van der Waals surface area contributed by atoms with Gasteiger partial charge in [0, 0.05) is 25.7 Å². The molecule has 0 spiro atoms. The van der Waals surface area contributed by atoms with E-state index in [-0.39, 0.29) is 5.92 Å². The monoisotopic (exact) mass is 455 g/mol. The fraction of sp³-hybridized carbons (Fsp3) is 0.963. The summed E-state index contributed by atoms with van der Waals surface area (Å²) in [6.07, 6.45) is 21.3. The lowest BCUT2D eigenvalue weighted by Crippen LogP contribution is -2.46. The molecule has 1 atom stereocenters. The van der Waals surface area contributed by atoms with E-state index in [1.807, 2.05) is 20.8 Å². The first-order chi connectivity index (χ1) is 15.7. The number of carbonyl (C=O) groups excluding carboxylic acids is 1. The van der Waals surface area contributed by atoms with Gasteiger partial charge in [-0.25, -0.2) is 9.79 Å². The van der Waals surface area contributed by atoms with Gasteiger partial charge in [0.25, 0.3) is 5.97 Å². The molecule has 0 rings (SSSR count). The molecule has 0 radical (unpaired) electrons. The van der Waals surface area contributed by atoms with Crippen LogP contribution in [0.2, 0.25) is 0 Å². The van der Waals surface area contributed by atoms with E-state index in [1.165, 1.54) is 77.0 Å². The highest BCUT2D eigenvalue weighted by atomic mass is 16.9. The second kappa shape index (κ2) is 23.4. The van der Waals surface area contributed by atoms with E-state index >= 15 is 0 Å². The predicted molar refractivity (Wildman–Crippen MR) is 134 cm³/mol. The van der Waals surface area contributed by atoms with E-state index in [0.717, 1.165) is 25.7 Å². The van der Waals surface area contributed by atoms with Crippen molar-refractivity contribution < 1.29 is 19.0 Å². The maximum Gasteiger partial charge on any atom is 0.285 e. The highest BCUT2D eigenvalue weighted by Crippen LogP contribution is 2.34. The molecule has 0 fully saturated rings. The highest BCUT2D eigenvalue weighted by Gasteiger charge is 2.41. The van der Waals surface area contributed by atoms with Gasteiger partial charge < -0.3 is 14.2 Å². The van der Waals surface area contributed by atoms with Crippen molar-refractivity contribution in [1.29, 1.82) is 0 Å².